The molecule has 2 rings (SSSR count). The average molecular weight is 324 g/mol. The highest BCUT2D eigenvalue weighted by Gasteiger charge is 2.64. The second-order valence-corrected chi connectivity index (χ2v) is 7.04. The average Bonchev–Trinajstić information content (AvgIpc) is 2.41. The van der Waals surface area contributed by atoms with Crippen molar-refractivity contribution < 1.29 is 14.6 Å². The standard InChI is InChI=1S/C15H18ClN3O3/c1-14(2)11(19-13(20)21)15(3,4)12(14)22-8-5-9(16)10(6-17)18-7-8/h5,7,11-12,19H,1-4H3,(H,20,21). The van der Waals surface area contributed by atoms with Gasteiger partial charge >= 0.3 is 6.09 Å². The number of nitrogens with zero attached hydrogens (tertiary/aromatic N) is 2. The number of halogens is 1. The number of amides is 1. The predicted molar refractivity (Wildman–Crippen MR) is 80.9 cm³/mol. The Morgan fingerprint density at radius 1 is 1.45 bits per heavy atom. The molecule has 0 spiro atoms. The molecule has 1 fully saturated rings. The van der Waals surface area contributed by atoms with E-state index >= 15 is 0 Å². The van der Waals surface area contributed by atoms with Crippen LogP contribution in [0.4, 0.5) is 4.79 Å². The van der Waals surface area contributed by atoms with Gasteiger partial charge in [0.1, 0.15) is 17.9 Å². The second-order valence-electron chi connectivity index (χ2n) is 6.64. The predicted octanol–water partition coefficient (Wildman–Crippen LogP) is 3.06. The van der Waals surface area contributed by atoms with Gasteiger partial charge in [0.05, 0.1) is 11.2 Å². The fourth-order valence-electron chi connectivity index (χ4n) is 3.63. The third-order valence-electron chi connectivity index (χ3n) is 4.28. The summed E-state index contributed by atoms with van der Waals surface area (Å²) in [5.41, 5.74) is -0.628. The van der Waals surface area contributed by atoms with E-state index in [-0.39, 0.29) is 33.7 Å². The molecule has 1 saturated carbocycles. The maximum absolute atomic E-state index is 10.9. The summed E-state index contributed by atoms with van der Waals surface area (Å²) in [6.07, 6.45) is 0.185. The number of nitriles is 1. The van der Waals surface area contributed by atoms with Crippen molar-refractivity contribution in [3.05, 3.63) is 23.0 Å². The molecular weight excluding hydrogens is 306 g/mol. The molecule has 0 bridgehead atoms. The Balaban J connectivity index is 2.22. The first-order valence-corrected chi connectivity index (χ1v) is 7.20. The number of carbonyl (C=O) groups is 1. The minimum Gasteiger partial charge on any atom is -0.487 e. The van der Waals surface area contributed by atoms with Gasteiger partial charge in [-0.1, -0.05) is 39.3 Å². The van der Waals surface area contributed by atoms with Gasteiger partial charge in [0, 0.05) is 22.9 Å². The number of pyridine rings is 1. The topological polar surface area (TPSA) is 95.2 Å². The number of ether oxygens (including phenoxy) is 1. The number of carboxylic acid groups (broad SMARTS) is 1. The molecule has 1 aliphatic rings. The lowest BCUT2D eigenvalue weighted by atomic mass is 9.49. The Morgan fingerprint density at radius 3 is 2.50 bits per heavy atom. The first-order chi connectivity index (χ1) is 10.1. The summed E-state index contributed by atoms with van der Waals surface area (Å²) >= 11 is 5.96. The molecule has 22 heavy (non-hydrogen) atoms. The van der Waals surface area contributed by atoms with E-state index in [4.69, 9.17) is 26.7 Å². The Hall–Kier alpha value is -2.00. The van der Waals surface area contributed by atoms with E-state index in [1.165, 1.54) is 6.20 Å². The molecule has 6 nitrogen and oxygen atoms in total. The van der Waals surface area contributed by atoms with Crippen LogP contribution in [0, 0.1) is 22.2 Å². The molecular formula is C15H18ClN3O3. The second kappa shape index (κ2) is 5.33. The van der Waals surface area contributed by atoms with Gasteiger partial charge in [0.15, 0.2) is 5.69 Å². The lowest BCUT2D eigenvalue weighted by molar-refractivity contribution is -0.165. The van der Waals surface area contributed by atoms with E-state index < -0.39 is 6.09 Å². The summed E-state index contributed by atoms with van der Waals surface area (Å²) < 4.78 is 5.98. The number of rotatable bonds is 3. The molecule has 0 aromatic carbocycles. The molecule has 0 unspecified atom stereocenters. The monoisotopic (exact) mass is 323 g/mol. The van der Waals surface area contributed by atoms with Crippen LogP contribution in [0.2, 0.25) is 5.02 Å². The first kappa shape index (κ1) is 16.4. The highest BCUT2D eigenvalue weighted by molar-refractivity contribution is 6.31. The van der Waals surface area contributed by atoms with Gasteiger partial charge in [-0.15, -0.1) is 0 Å². The van der Waals surface area contributed by atoms with Crippen LogP contribution in [0.1, 0.15) is 33.4 Å². The summed E-state index contributed by atoms with van der Waals surface area (Å²) in [7, 11) is 0. The van der Waals surface area contributed by atoms with Gasteiger partial charge < -0.3 is 15.2 Å². The van der Waals surface area contributed by atoms with E-state index in [1.54, 1.807) is 6.07 Å². The molecule has 7 heteroatoms. The smallest absolute Gasteiger partial charge is 0.404 e. The molecule has 1 aromatic heterocycles. The van der Waals surface area contributed by atoms with Crippen LogP contribution in [-0.2, 0) is 0 Å². The van der Waals surface area contributed by atoms with Crippen molar-refractivity contribution >= 4 is 17.7 Å². The van der Waals surface area contributed by atoms with E-state index in [0.717, 1.165) is 0 Å². The maximum Gasteiger partial charge on any atom is 0.404 e. The van der Waals surface area contributed by atoms with Crippen molar-refractivity contribution in [3.63, 3.8) is 0 Å². The fraction of sp³-hybridized carbons (Fsp3) is 0.533. The van der Waals surface area contributed by atoms with Gasteiger partial charge in [0.25, 0.3) is 0 Å². The Morgan fingerprint density at radius 2 is 2.05 bits per heavy atom. The molecule has 0 atom stereocenters. The number of nitrogens with one attached hydrogen (secondary N) is 1. The summed E-state index contributed by atoms with van der Waals surface area (Å²) in [4.78, 5) is 14.9. The quantitative estimate of drug-likeness (QED) is 0.891. The van der Waals surface area contributed by atoms with Crippen molar-refractivity contribution in [2.75, 3.05) is 0 Å². The Bertz CT molecular complexity index is 636. The van der Waals surface area contributed by atoms with Gasteiger partial charge in [-0.3, -0.25) is 0 Å². The molecule has 1 aliphatic carbocycles. The van der Waals surface area contributed by atoms with Crippen LogP contribution >= 0.6 is 11.6 Å². The van der Waals surface area contributed by atoms with Crippen molar-refractivity contribution in [1.29, 1.82) is 5.26 Å². The highest BCUT2D eigenvalue weighted by atomic mass is 35.5. The van der Waals surface area contributed by atoms with Crippen LogP contribution in [0.3, 0.4) is 0 Å². The van der Waals surface area contributed by atoms with Crippen molar-refractivity contribution in [1.82, 2.24) is 10.3 Å². The van der Waals surface area contributed by atoms with E-state index in [0.29, 0.717) is 5.75 Å². The zero-order chi connectivity index (χ0) is 16.7. The van der Waals surface area contributed by atoms with Gasteiger partial charge in [-0.05, 0) is 0 Å². The van der Waals surface area contributed by atoms with Crippen LogP contribution in [0.15, 0.2) is 12.3 Å². The molecule has 0 aliphatic heterocycles. The van der Waals surface area contributed by atoms with Gasteiger partial charge in [0.2, 0.25) is 0 Å². The van der Waals surface area contributed by atoms with Crippen molar-refractivity contribution in [2.24, 2.45) is 10.8 Å². The lowest BCUT2D eigenvalue weighted by Gasteiger charge is -2.62. The Kier molecular flexibility index (Phi) is 3.96. The van der Waals surface area contributed by atoms with Crippen molar-refractivity contribution in [2.45, 2.75) is 39.8 Å². The molecule has 1 aromatic rings. The third-order valence-corrected chi connectivity index (χ3v) is 4.57. The summed E-state index contributed by atoms with van der Waals surface area (Å²) in [6, 6.07) is 3.21. The van der Waals surface area contributed by atoms with E-state index in [1.807, 2.05) is 33.8 Å². The zero-order valence-electron chi connectivity index (χ0n) is 12.8. The summed E-state index contributed by atoms with van der Waals surface area (Å²) in [5.74, 6) is 0.462. The largest absolute Gasteiger partial charge is 0.487 e. The molecule has 118 valence electrons. The minimum atomic E-state index is -1.05. The molecule has 2 N–H and O–H groups in total. The van der Waals surface area contributed by atoms with Crippen LogP contribution in [0.25, 0.3) is 0 Å². The van der Waals surface area contributed by atoms with E-state index in [2.05, 4.69) is 10.3 Å². The van der Waals surface area contributed by atoms with Gasteiger partial charge in [-0.2, -0.15) is 5.26 Å². The molecule has 1 amide bonds. The molecule has 1 heterocycles. The number of hydrogen-bond donors (Lipinski definition) is 2. The fourth-order valence-corrected chi connectivity index (χ4v) is 3.83. The third kappa shape index (κ3) is 2.57. The highest BCUT2D eigenvalue weighted by Crippen LogP contribution is 2.55. The first-order valence-electron chi connectivity index (χ1n) is 6.82. The minimum absolute atomic E-state index is 0.145. The zero-order valence-corrected chi connectivity index (χ0v) is 13.6. The molecule has 0 radical (unpaired) electrons. The Labute approximate surface area is 134 Å². The lowest BCUT2D eigenvalue weighted by Crippen LogP contribution is -2.74. The SMILES string of the molecule is CC1(C)C(NC(=O)O)C(C)(C)C1Oc1cnc(C#N)c(Cl)c1. The summed E-state index contributed by atoms with van der Waals surface area (Å²) in [6.45, 7) is 7.79. The maximum atomic E-state index is 10.9. The number of aromatic nitrogens is 1. The summed E-state index contributed by atoms with van der Waals surface area (Å²) in [5, 5.41) is 20.6. The molecule has 0 saturated heterocycles. The van der Waals surface area contributed by atoms with E-state index in [9.17, 15) is 4.79 Å². The van der Waals surface area contributed by atoms with Crippen molar-refractivity contribution in [3.8, 4) is 11.8 Å². The normalized spacial score (nSPS) is 24.7. The number of hydrogen-bond acceptors (Lipinski definition) is 4. The van der Waals surface area contributed by atoms with Crippen LogP contribution in [-0.4, -0.2) is 28.3 Å². The van der Waals surface area contributed by atoms with Gasteiger partial charge in [-0.25, -0.2) is 9.78 Å². The van der Waals surface area contributed by atoms with Crippen LogP contribution in [0.5, 0.6) is 5.75 Å². The van der Waals surface area contributed by atoms with Crippen LogP contribution < -0.4 is 10.1 Å².